The summed E-state index contributed by atoms with van der Waals surface area (Å²) < 4.78 is 5.34. The van der Waals surface area contributed by atoms with Crippen molar-refractivity contribution in [2.45, 2.75) is 44.2 Å². The molecule has 2 amide bonds. The third-order valence-corrected chi connectivity index (χ3v) is 5.35. The molecule has 1 saturated heterocycles. The summed E-state index contributed by atoms with van der Waals surface area (Å²) in [5.41, 5.74) is 1.20. The second kappa shape index (κ2) is 7.88. The number of nitrogens with one attached hydrogen (secondary N) is 1. The van der Waals surface area contributed by atoms with Gasteiger partial charge in [-0.3, -0.25) is 4.90 Å². The van der Waals surface area contributed by atoms with Crippen LogP contribution in [0.15, 0.2) is 24.3 Å². The maximum Gasteiger partial charge on any atom is 0.317 e. The molecule has 1 atom stereocenters. The number of likely N-dealkylation sites (N-methyl/N-ethyl adjacent to an activating group) is 1. The number of nitrogens with zero attached hydrogens (tertiary/aromatic N) is 2. The molecule has 0 radical (unpaired) electrons. The fraction of sp³-hybridized carbons (Fsp3) is 0.632. The van der Waals surface area contributed by atoms with E-state index in [9.17, 15) is 4.79 Å². The lowest BCUT2D eigenvalue weighted by atomic mass is 9.95. The number of carbonyl (C=O) groups excluding carboxylic acids is 1. The minimum Gasteiger partial charge on any atom is -0.497 e. The van der Waals surface area contributed by atoms with Gasteiger partial charge in [-0.2, -0.15) is 0 Å². The number of benzene rings is 1. The van der Waals surface area contributed by atoms with E-state index in [0.717, 1.165) is 38.2 Å². The van der Waals surface area contributed by atoms with E-state index < -0.39 is 0 Å². The lowest BCUT2D eigenvalue weighted by Crippen LogP contribution is -2.53. The maximum absolute atomic E-state index is 12.6. The van der Waals surface area contributed by atoms with Crippen LogP contribution in [-0.4, -0.2) is 55.7 Å². The van der Waals surface area contributed by atoms with Crippen LogP contribution in [0.5, 0.6) is 5.75 Å². The molecule has 3 rings (SSSR count). The van der Waals surface area contributed by atoms with E-state index in [4.69, 9.17) is 4.74 Å². The highest BCUT2D eigenvalue weighted by molar-refractivity contribution is 5.74. The van der Waals surface area contributed by atoms with Crippen molar-refractivity contribution >= 4 is 6.03 Å². The monoisotopic (exact) mass is 331 g/mol. The molecule has 2 aliphatic rings. The fourth-order valence-electron chi connectivity index (χ4n) is 3.78. The Hall–Kier alpha value is -1.75. The van der Waals surface area contributed by atoms with Crippen LogP contribution in [-0.2, 0) is 0 Å². The highest BCUT2D eigenvalue weighted by Crippen LogP contribution is 2.27. The summed E-state index contributed by atoms with van der Waals surface area (Å²) in [7, 11) is 3.81. The van der Waals surface area contributed by atoms with Crippen molar-refractivity contribution in [3.63, 3.8) is 0 Å². The predicted molar refractivity (Wildman–Crippen MR) is 95.3 cm³/mol. The van der Waals surface area contributed by atoms with Crippen LogP contribution < -0.4 is 10.1 Å². The van der Waals surface area contributed by atoms with Crippen molar-refractivity contribution in [3.8, 4) is 5.75 Å². The van der Waals surface area contributed by atoms with E-state index in [-0.39, 0.29) is 12.1 Å². The summed E-state index contributed by atoms with van der Waals surface area (Å²) in [5, 5.41) is 3.24. The Kier molecular flexibility index (Phi) is 5.61. The van der Waals surface area contributed by atoms with Gasteiger partial charge in [0.15, 0.2) is 0 Å². The normalized spacial score (nSPS) is 23.1. The molecule has 1 heterocycles. The van der Waals surface area contributed by atoms with E-state index in [1.807, 2.05) is 17.0 Å². The van der Waals surface area contributed by atoms with Gasteiger partial charge in [-0.05, 0) is 37.6 Å². The second-order valence-electron chi connectivity index (χ2n) is 7.00. The number of amides is 2. The van der Waals surface area contributed by atoms with Gasteiger partial charge in [0.1, 0.15) is 5.75 Å². The van der Waals surface area contributed by atoms with E-state index in [1.54, 1.807) is 7.11 Å². The van der Waals surface area contributed by atoms with Crippen LogP contribution >= 0.6 is 0 Å². The van der Waals surface area contributed by atoms with Crippen molar-refractivity contribution in [2.24, 2.45) is 0 Å². The Morgan fingerprint density at radius 3 is 2.75 bits per heavy atom. The van der Waals surface area contributed by atoms with Gasteiger partial charge in [0.25, 0.3) is 0 Å². The van der Waals surface area contributed by atoms with E-state index >= 15 is 0 Å². The van der Waals surface area contributed by atoms with Crippen LogP contribution in [0, 0.1) is 0 Å². The van der Waals surface area contributed by atoms with Crippen LogP contribution in [0.3, 0.4) is 0 Å². The Morgan fingerprint density at radius 2 is 2.00 bits per heavy atom. The first-order valence-electron chi connectivity index (χ1n) is 9.07. The second-order valence-corrected chi connectivity index (χ2v) is 7.00. The molecule has 1 aliphatic carbocycles. The smallest absolute Gasteiger partial charge is 0.317 e. The number of piperazine rings is 1. The molecule has 24 heavy (non-hydrogen) atoms. The third-order valence-electron chi connectivity index (χ3n) is 5.35. The Labute approximate surface area is 145 Å². The van der Waals surface area contributed by atoms with Gasteiger partial charge in [0.2, 0.25) is 0 Å². The van der Waals surface area contributed by atoms with E-state index in [0.29, 0.717) is 6.04 Å². The highest BCUT2D eigenvalue weighted by Gasteiger charge is 2.29. The zero-order valence-electron chi connectivity index (χ0n) is 14.8. The van der Waals surface area contributed by atoms with Crippen molar-refractivity contribution < 1.29 is 9.53 Å². The van der Waals surface area contributed by atoms with Crippen molar-refractivity contribution in [1.29, 1.82) is 0 Å². The van der Waals surface area contributed by atoms with Gasteiger partial charge in [-0.25, -0.2) is 4.79 Å². The first-order chi connectivity index (χ1) is 11.7. The molecular weight excluding hydrogens is 302 g/mol. The van der Waals surface area contributed by atoms with Crippen LogP contribution in [0.2, 0.25) is 0 Å². The number of methoxy groups -OCH3 is 1. The molecule has 1 unspecified atom stereocenters. The molecule has 1 saturated carbocycles. The topological polar surface area (TPSA) is 44.8 Å². The third kappa shape index (κ3) is 4.01. The summed E-state index contributed by atoms with van der Waals surface area (Å²) in [4.78, 5) is 16.9. The number of carbonyl (C=O) groups is 1. The molecule has 1 N–H and O–H groups in total. The van der Waals surface area contributed by atoms with Gasteiger partial charge < -0.3 is 15.0 Å². The van der Waals surface area contributed by atoms with Gasteiger partial charge in [0.05, 0.1) is 13.2 Å². The van der Waals surface area contributed by atoms with Crippen molar-refractivity contribution in [2.75, 3.05) is 33.8 Å². The van der Waals surface area contributed by atoms with Crippen molar-refractivity contribution in [1.82, 2.24) is 15.1 Å². The largest absolute Gasteiger partial charge is 0.497 e. The summed E-state index contributed by atoms with van der Waals surface area (Å²) in [5.74, 6) is 0.865. The number of urea groups is 1. The lowest BCUT2D eigenvalue weighted by molar-refractivity contribution is 0.107. The summed E-state index contributed by atoms with van der Waals surface area (Å²) >= 11 is 0. The summed E-state index contributed by atoms with van der Waals surface area (Å²) in [6, 6.07) is 8.84. The Balaban J connectivity index is 1.64. The maximum atomic E-state index is 12.6. The quantitative estimate of drug-likeness (QED) is 0.926. The highest BCUT2D eigenvalue weighted by atomic mass is 16.5. The Morgan fingerprint density at radius 1 is 1.21 bits per heavy atom. The molecule has 132 valence electrons. The van der Waals surface area contributed by atoms with Crippen LogP contribution in [0.1, 0.15) is 43.7 Å². The SMILES string of the molecule is COc1cccc(C2CN(C(=O)NC3CCCCC3)CCN2C)c1. The molecule has 0 aromatic heterocycles. The molecule has 1 aliphatic heterocycles. The molecule has 5 heteroatoms. The lowest BCUT2D eigenvalue weighted by Gasteiger charge is -2.40. The molecule has 0 bridgehead atoms. The molecule has 2 fully saturated rings. The first-order valence-corrected chi connectivity index (χ1v) is 9.07. The summed E-state index contributed by atoms with van der Waals surface area (Å²) in [6.07, 6.45) is 6.02. The number of rotatable bonds is 3. The molecule has 0 spiro atoms. The van der Waals surface area contributed by atoms with Gasteiger partial charge in [-0.15, -0.1) is 0 Å². The molecule has 1 aromatic rings. The van der Waals surface area contributed by atoms with Crippen molar-refractivity contribution in [3.05, 3.63) is 29.8 Å². The number of hydrogen-bond donors (Lipinski definition) is 1. The van der Waals surface area contributed by atoms with Crippen LogP contribution in [0.4, 0.5) is 4.79 Å². The molecular formula is C19H29N3O2. The minimum absolute atomic E-state index is 0.0999. The van der Waals surface area contributed by atoms with Gasteiger partial charge in [-0.1, -0.05) is 31.4 Å². The van der Waals surface area contributed by atoms with E-state index in [1.165, 1.54) is 24.8 Å². The average molecular weight is 331 g/mol. The van der Waals surface area contributed by atoms with Crippen LogP contribution in [0.25, 0.3) is 0 Å². The number of hydrogen-bond acceptors (Lipinski definition) is 3. The van der Waals surface area contributed by atoms with Gasteiger partial charge >= 0.3 is 6.03 Å². The average Bonchev–Trinajstić information content (AvgIpc) is 2.63. The standard InChI is InChI=1S/C19H29N3O2/c1-21-11-12-22(19(23)20-16-8-4-3-5-9-16)14-18(21)15-7-6-10-17(13-15)24-2/h6-7,10,13,16,18H,3-5,8-9,11-12,14H2,1-2H3,(H,20,23). The zero-order valence-corrected chi connectivity index (χ0v) is 14.8. The summed E-state index contributed by atoms with van der Waals surface area (Å²) in [6.45, 7) is 2.40. The van der Waals surface area contributed by atoms with Gasteiger partial charge in [0, 0.05) is 25.7 Å². The Bertz CT molecular complexity index is 557. The minimum atomic E-state index is 0.0999. The first kappa shape index (κ1) is 17.1. The molecule has 5 nitrogen and oxygen atoms in total. The predicted octanol–water partition coefficient (Wildman–Crippen LogP) is 3.03. The zero-order chi connectivity index (χ0) is 16.9. The molecule has 1 aromatic carbocycles. The van der Waals surface area contributed by atoms with E-state index in [2.05, 4.69) is 29.4 Å². The number of ether oxygens (including phenoxy) is 1. The fourth-order valence-corrected chi connectivity index (χ4v) is 3.78.